The van der Waals surface area contributed by atoms with E-state index >= 15 is 0 Å². The Morgan fingerprint density at radius 1 is 1.04 bits per heavy atom. The van der Waals surface area contributed by atoms with Crippen LogP contribution in [0.25, 0.3) is 16.7 Å². The van der Waals surface area contributed by atoms with Gasteiger partial charge in [0.1, 0.15) is 34.7 Å². The predicted octanol–water partition coefficient (Wildman–Crippen LogP) is -0.0482. The van der Waals surface area contributed by atoms with Crippen LogP contribution in [0.5, 0.6) is 5.75 Å². The van der Waals surface area contributed by atoms with Gasteiger partial charge in [0.05, 0.1) is 6.61 Å². The van der Waals surface area contributed by atoms with Crippen molar-refractivity contribution in [2.75, 3.05) is 6.61 Å². The predicted molar refractivity (Wildman–Crippen MR) is 88.3 cm³/mol. The standard InChI is InChI=1S/C17H17N3O5/c21-9-16(24)17(25)15(23)8-10-5-6-14(22)13(7-10)20-18-11-3-1-2-4-12(11)19-20/h1-7,15-16,21-24H,8-9H2. The summed E-state index contributed by atoms with van der Waals surface area (Å²) in [7, 11) is 0. The maximum Gasteiger partial charge on any atom is 0.192 e. The number of aliphatic hydroxyl groups is 3. The number of carbonyl (C=O) groups is 1. The van der Waals surface area contributed by atoms with Crippen molar-refractivity contribution in [3.05, 3.63) is 48.0 Å². The molecule has 8 heteroatoms. The van der Waals surface area contributed by atoms with Gasteiger partial charge in [-0.2, -0.15) is 0 Å². The van der Waals surface area contributed by atoms with Crippen LogP contribution in [0, 0.1) is 0 Å². The number of phenolic OH excluding ortho intramolecular Hbond substituents is 1. The van der Waals surface area contributed by atoms with Crippen molar-refractivity contribution in [1.82, 2.24) is 15.0 Å². The average molecular weight is 343 g/mol. The van der Waals surface area contributed by atoms with Crippen LogP contribution in [0.3, 0.4) is 0 Å². The first-order chi connectivity index (χ1) is 12.0. The molecule has 0 aliphatic heterocycles. The quantitative estimate of drug-likeness (QED) is 0.494. The number of nitrogens with zero attached hydrogens (tertiary/aromatic N) is 3. The minimum absolute atomic E-state index is 0.0553. The van der Waals surface area contributed by atoms with E-state index in [0.717, 1.165) is 0 Å². The highest BCUT2D eigenvalue weighted by atomic mass is 16.3. The average Bonchev–Trinajstić information content (AvgIpc) is 3.05. The number of aliphatic hydroxyl groups excluding tert-OH is 3. The van der Waals surface area contributed by atoms with Crippen LogP contribution in [0.4, 0.5) is 0 Å². The van der Waals surface area contributed by atoms with Gasteiger partial charge in [0.15, 0.2) is 5.78 Å². The van der Waals surface area contributed by atoms with Crippen molar-refractivity contribution in [3.8, 4) is 11.4 Å². The van der Waals surface area contributed by atoms with Crippen molar-refractivity contribution in [2.24, 2.45) is 0 Å². The number of carbonyl (C=O) groups excluding carboxylic acids is 1. The van der Waals surface area contributed by atoms with Gasteiger partial charge in [-0.15, -0.1) is 15.0 Å². The number of aromatic hydroxyl groups is 1. The van der Waals surface area contributed by atoms with Crippen molar-refractivity contribution in [2.45, 2.75) is 18.6 Å². The van der Waals surface area contributed by atoms with Crippen LogP contribution in [0.2, 0.25) is 0 Å². The van der Waals surface area contributed by atoms with Gasteiger partial charge in [0.25, 0.3) is 0 Å². The molecule has 0 saturated carbocycles. The second-order valence-electron chi connectivity index (χ2n) is 5.62. The van der Waals surface area contributed by atoms with E-state index in [0.29, 0.717) is 22.3 Å². The zero-order valence-corrected chi connectivity index (χ0v) is 13.1. The molecule has 130 valence electrons. The fourth-order valence-electron chi connectivity index (χ4n) is 2.46. The lowest BCUT2D eigenvalue weighted by molar-refractivity contribution is -0.137. The lowest BCUT2D eigenvalue weighted by Gasteiger charge is -2.13. The van der Waals surface area contributed by atoms with Crippen LogP contribution >= 0.6 is 0 Å². The molecule has 0 aliphatic rings. The summed E-state index contributed by atoms with van der Waals surface area (Å²) in [5.74, 6) is -0.916. The Morgan fingerprint density at radius 3 is 2.28 bits per heavy atom. The molecule has 1 aromatic heterocycles. The molecular formula is C17H17N3O5. The topological polar surface area (TPSA) is 129 Å². The lowest BCUT2D eigenvalue weighted by atomic mass is 10.0. The molecule has 1 heterocycles. The SMILES string of the molecule is O=C(C(O)CO)C(O)Cc1ccc(O)c(-n2nc3ccccc3n2)c1. The molecule has 2 unspecified atom stereocenters. The number of hydrogen-bond acceptors (Lipinski definition) is 7. The molecule has 0 radical (unpaired) electrons. The van der Waals surface area contributed by atoms with Crippen molar-refractivity contribution in [1.29, 1.82) is 0 Å². The summed E-state index contributed by atoms with van der Waals surface area (Å²) >= 11 is 0. The highest BCUT2D eigenvalue weighted by Gasteiger charge is 2.23. The summed E-state index contributed by atoms with van der Waals surface area (Å²) in [6, 6.07) is 11.7. The van der Waals surface area contributed by atoms with Crippen molar-refractivity contribution in [3.63, 3.8) is 0 Å². The van der Waals surface area contributed by atoms with Crippen LogP contribution in [-0.4, -0.2) is 60.0 Å². The third kappa shape index (κ3) is 3.50. The minimum Gasteiger partial charge on any atom is -0.506 e. The Labute approximate surface area is 142 Å². The first kappa shape index (κ1) is 17.0. The summed E-state index contributed by atoms with van der Waals surface area (Å²) < 4.78 is 0. The fraction of sp³-hybridized carbons (Fsp3) is 0.235. The Bertz CT molecular complexity index is 875. The molecule has 0 saturated heterocycles. The van der Waals surface area contributed by atoms with Gasteiger partial charge in [-0.25, -0.2) is 0 Å². The van der Waals surface area contributed by atoms with Gasteiger partial charge in [-0.05, 0) is 29.8 Å². The van der Waals surface area contributed by atoms with Gasteiger partial charge in [0, 0.05) is 6.42 Å². The molecule has 0 spiro atoms. The number of phenols is 1. The number of rotatable bonds is 6. The number of ketones is 1. The molecule has 0 fully saturated rings. The zero-order valence-electron chi connectivity index (χ0n) is 13.1. The molecule has 2 atom stereocenters. The Balaban J connectivity index is 1.89. The lowest BCUT2D eigenvalue weighted by Crippen LogP contribution is -2.35. The van der Waals surface area contributed by atoms with E-state index in [2.05, 4.69) is 10.2 Å². The van der Waals surface area contributed by atoms with Crippen LogP contribution < -0.4 is 0 Å². The summed E-state index contributed by atoms with van der Waals surface area (Å²) in [5.41, 5.74) is 2.17. The minimum atomic E-state index is -1.62. The summed E-state index contributed by atoms with van der Waals surface area (Å²) in [5, 5.41) is 46.6. The third-order valence-corrected chi connectivity index (χ3v) is 3.80. The van der Waals surface area contributed by atoms with E-state index in [1.807, 2.05) is 12.1 Å². The van der Waals surface area contributed by atoms with Gasteiger partial charge in [-0.3, -0.25) is 4.79 Å². The van der Waals surface area contributed by atoms with E-state index in [9.17, 15) is 20.1 Å². The van der Waals surface area contributed by atoms with E-state index in [-0.39, 0.29) is 12.2 Å². The van der Waals surface area contributed by atoms with Crippen molar-refractivity contribution >= 4 is 16.8 Å². The maximum atomic E-state index is 11.7. The first-order valence-corrected chi connectivity index (χ1v) is 7.64. The molecule has 8 nitrogen and oxygen atoms in total. The Kier molecular flexibility index (Phi) is 4.75. The molecule has 4 N–H and O–H groups in total. The molecule has 3 aromatic rings. The first-order valence-electron chi connectivity index (χ1n) is 7.64. The maximum absolute atomic E-state index is 11.7. The summed E-state index contributed by atoms with van der Waals surface area (Å²) in [4.78, 5) is 13.0. The molecule has 3 rings (SSSR count). The number of benzene rings is 2. The number of hydrogen-bond donors (Lipinski definition) is 4. The number of aromatic nitrogens is 3. The van der Waals surface area contributed by atoms with Crippen LogP contribution in [0.1, 0.15) is 5.56 Å². The molecule has 0 aliphatic carbocycles. The van der Waals surface area contributed by atoms with E-state index < -0.39 is 24.6 Å². The Hall–Kier alpha value is -2.81. The highest BCUT2D eigenvalue weighted by Crippen LogP contribution is 2.24. The smallest absolute Gasteiger partial charge is 0.192 e. The highest BCUT2D eigenvalue weighted by molar-refractivity contribution is 5.87. The van der Waals surface area contributed by atoms with Crippen LogP contribution in [0.15, 0.2) is 42.5 Å². The van der Waals surface area contributed by atoms with E-state index in [1.54, 1.807) is 24.3 Å². The normalized spacial score (nSPS) is 13.7. The van der Waals surface area contributed by atoms with E-state index in [4.69, 9.17) is 5.11 Å². The Morgan fingerprint density at radius 2 is 1.68 bits per heavy atom. The van der Waals surface area contributed by atoms with Crippen LogP contribution in [-0.2, 0) is 11.2 Å². The van der Waals surface area contributed by atoms with E-state index in [1.165, 1.54) is 10.9 Å². The zero-order chi connectivity index (χ0) is 18.0. The number of Topliss-reactive ketones (excluding diaryl/α,β-unsaturated/α-hetero) is 1. The molecule has 25 heavy (non-hydrogen) atoms. The molecule has 0 amide bonds. The monoisotopic (exact) mass is 343 g/mol. The molecular weight excluding hydrogens is 326 g/mol. The van der Waals surface area contributed by atoms with Gasteiger partial charge >= 0.3 is 0 Å². The molecule has 2 aromatic carbocycles. The summed E-state index contributed by atoms with van der Waals surface area (Å²) in [6.45, 7) is -0.749. The van der Waals surface area contributed by atoms with Gasteiger partial charge in [0.2, 0.25) is 0 Å². The number of fused-ring (bicyclic) bond motifs is 1. The second kappa shape index (κ2) is 6.98. The van der Waals surface area contributed by atoms with Crippen molar-refractivity contribution < 1.29 is 25.2 Å². The third-order valence-electron chi connectivity index (χ3n) is 3.80. The fourth-order valence-corrected chi connectivity index (χ4v) is 2.46. The molecule has 0 bridgehead atoms. The van der Waals surface area contributed by atoms with Gasteiger partial charge in [-0.1, -0.05) is 18.2 Å². The second-order valence-corrected chi connectivity index (χ2v) is 5.62. The summed E-state index contributed by atoms with van der Waals surface area (Å²) in [6.07, 6.45) is -3.17. The largest absolute Gasteiger partial charge is 0.506 e. The van der Waals surface area contributed by atoms with Gasteiger partial charge < -0.3 is 20.4 Å².